The minimum atomic E-state index is -2.57. The van der Waals surface area contributed by atoms with Crippen LogP contribution in [0.25, 0.3) is 5.70 Å². The van der Waals surface area contributed by atoms with Crippen LogP contribution >= 0.6 is 11.6 Å². The summed E-state index contributed by atoms with van der Waals surface area (Å²) < 4.78 is 27.7. The predicted octanol–water partition coefficient (Wildman–Crippen LogP) is 4.25. The highest BCUT2D eigenvalue weighted by atomic mass is 35.5. The van der Waals surface area contributed by atoms with E-state index in [1.54, 1.807) is 27.9 Å². The summed E-state index contributed by atoms with van der Waals surface area (Å²) in [4.78, 5) is 32.4. The first-order valence-electron chi connectivity index (χ1n) is 10.7. The van der Waals surface area contributed by atoms with Gasteiger partial charge in [-0.1, -0.05) is 11.6 Å². The van der Waals surface area contributed by atoms with Crippen molar-refractivity contribution in [3.05, 3.63) is 29.7 Å². The molecule has 32 heavy (non-hydrogen) atoms. The molecule has 2 fully saturated rings. The quantitative estimate of drug-likeness (QED) is 0.381. The van der Waals surface area contributed by atoms with E-state index in [1.807, 2.05) is 13.8 Å². The SMILES string of the molecule is C=N/C=C\C=C(/C)n1cc(N(CC)C(=O)CC2CCN(CCC3CC3(F)F)C2=O)c(Cl)n1. The molecule has 2 heterocycles. The Morgan fingerprint density at radius 3 is 2.84 bits per heavy atom. The van der Waals surface area contributed by atoms with Crippen LogP contribution < -0.4 is 4.90 Å². The number of alkyl halides is 2. The van der Waals surface area contributed by atoms with Crippen molar-refractivity contribution in [1.29, 1.82) is 0 Å². The molecule has 1 aliphatic heterocycles. The molecule has 0 spiro atoms. The van der Waals surface area contributed by atoms with Crippen LogP contribution in [0.5, 0.6) is 0 Å². The lowest BCUT2D eigenvalue weighted by Gasteiger charge is -2.21. The van der Waals surface area contributed by atoms with Crippen LogP contribution in [0.15, 0.2) is 29.5 Å². The van der Waals surface area contributed by atoms with Crippen molar-refractivity contribution in [1.82, 2.24) is 14.7 Å². The summed E-state index contributed by atoms with van der Waals surface area (Å²) in [6, 6.07) is 0. The van der Waals surface area contributed by atoms with E-state index in [1.165, 1.54) is 11.1 Å². The van der Waals surface area contributed by atoms with Crippen molar-refractivity contribution in [3.8, 4) is 0 Å². The molecule has 0 aromatic carbocycles. The molecule has 2 aliphatic rings. The van der Waals surface area contributed by atoms with Crippen molar-refractivity contribution >= 4 is 41.5 Å². The Labute approximate surface area is 191 Å². The molecular weight excluding hydrogens is 440 g/mol. The van der Waals surface area contributed by atoms with Crippen LogP contribution in [0.4, 0.5) is 14.5 Å². The first-order valence-corrected chi connectivity index (χ1v) is 11.1. The van der Waals surface area contributed by atoms with E-state index < -0.39 is 17.8 Å². The minimum Gasteiger partial charge on any atom is -0.342 e. The summed E-state index contributed by atoms with van der Waals surface area (Å²) in [5.74, 6) is -3.99. The van der Waals surface area contributed by atoms with E-state index in [4.69, 9.17) is 11.6 Å². The molecule has 1 saturated carbocycles. The summed E-state index contributed by atoms with van der Waals surface area (Å²) in [6.45, 7) is 8.22. The lowest BCUT2D eigenvalue weighted by atomic mass is 10.0. The van der Waals surface area contributed by atoms with Gasteiger partial charge in [-0.25, -0.2) is 13.5 Å². The molecule has 0 N–H and O–H groups in total. The standard InChI is InChI=1S/C22H28ClF2N5O2/c1-4-29(18-14-30(27-20(18)23)15(2)6-5-9-26-3)19(31)12-16-7-10-28(21(16)32)11-8-17-13-22(17,24)25/h5-6,9,14,16-17H,3-4,7-8,10-13H2,1-2H3/b9-5-,15-6+. The zero-order chi connectivity index (χ0) is 23.5. The van der Waals surface area contributed by atoms with Crippen LogP contribution in [0, 0.1) is 11.8 Å². The second-order valence-electron chi connectivity index (χ2n) is 8.19. The maximum Gasteiger partial charge on any atom is 0.251 e. The fourth-order valence-corrected chi connectivity index (χ4v) is 4.17. The number of amides is 2. The first kappa shape index (κ1) is 24.1. The summed E-state index contributed by atoms with van der Waals surface area (Å²) in [5, 5.41) is 4.44. The van der Waals surface area contributed by atoms with E-state index in [9.17, 15) is 18.4 Å². The molecular formula is C22H28ClF2N5O2. The third kappa shape index (κ3) is 5.43. The number of anilines is 1. The summed E-state index contributed by atoms with van der Waals surface area (Å²) in [5.41, 5.74) is 1.24. The predicted molar refractivity (Wildman–Crippen MR) is 121 cm³/mol. The second kappa shape index (κ2) is 9.94. The summed E-state index contributed by atoms with van der Waals surface area (Å²) in [7, 11) is 0. The van der Waals surface area contributed by atoms with Gasteiger partial charge >= 0.3 is 0 Å². The maximum absolute atomic E-state index is 13.1. The highest BCUT2D eigenvalue weighted by molar-refractivity contribution is 6.32. The highest BCUT2D eigenvalue weighted by Gasteiger charge is 2.56. The van der Waals surface area contributed by atoms with Crippen LogP contribution in [0.2, 0.25) is 5.15 Å². The number of nitrogens with zero attached hydrogens (tertiary/aromatic N) is 5. The summed E-state index contributed by atoms with van der Waals surface area (Å²) >= 11 is 6.30. The van der Waals surface area contributed by atoms with E-state index in [0.29, 0.717) is 38.2 Å². The number of hydrogen-bond donors (Lipinski definition) is 0. The van der Waals surface area contributed by atoms with E-state index in [2.05, 4.69) is 16.8 Å². The monoisotopic (exact) mass is 467 g/mol. The zero-order valence-corrected chi connectivity index (χ0v) is 19.1. The van der Waals surface area contributed by atoms with Gasteiger partial charge in [-0.3, -0.25) is 14.6 Å². The van der Waals surface area contributed by atoms with E-state index in [0.717, 1.165) is 5.70 Å². The molecule has 2 atom stereocenters. The largest absolute Gasteiger partial charge is 0.342 e. The van der Waals surface area contributed by atoms with Crippen LogP contribution in [0.3, 0.4) is 0 Å². The van der Waals surface area contributed by atoms with Gasteiger partial charge in [-0.05, 0) is 45.6 Å². The molecule has 174 valence electrons. The molecule has 0 radical (unpaired) electrons. The van der Waals surface area contributed by atoms with Crippen molar-refractivity contribution in [3.63, 3.8) is 0 Å². The molecule has 3 rings (SSSR count). The van der Waals surface area contributed by atoms with Gasteiger partial charge in [0.1, 0.15) is 5.69 Å². The van der Waals surface area contributed by atoms with Crippen molar-refractivity contribution in [2.45, 2.75) is 45.5 Å². The summed E-state index contributed by atoms with van der Waals surface area (Å²) in [6.07, 6.45) is 7.51. The van der Waals surface area contributed by atoms with Crippen molar-refractivity contribution in [2.24, 2.45) is 16.8 Å². The van der Waals surface area contributed by atoms with E-state index in [-0.39, 0.29) is 29.8 Å². The average molecular weight is 468 g/mol. The number of carbonyl (C=O) groups excluding carboxylic acids is 2. The Hall–Kier alpha value is -2.55. The third-order valence-electron chi connectivity index (χ3n) is 5.98. The Bertz CT molecular complexity index is 943. The Kier molecular flexibility index (Phi) is 7.48. The van der Waals surface area contributed by atoms with Gasteiger partial charge in [0, 0.05) is 56.2 Å². The number of hydrogen-bond acceptors (Lipinski definition) is 4. The number of aromatic nitrogens is 2. The smallest absolute Gasteiger partial charge is 0.251 e. The van der Waals surface area contributed by atoms with Crippen LogP contribution in [-0.4, -0.2) is 58.8 Å². The Morgan fingerprint density at radius 1 is 1.50 bits per heavy atom. The Balaban J connectivity index is 1.61. The van der Waals surface area contributed by atoms with Gasteiger partial charge in [-0.2, -0.15) is 5.10 Å². The number of halogens is 3. The van der Waals surface area contributed by atoms with Gasteiger partial charge < -0.3 is 9.80 Å². The normalized spacial score (nSPS) is 22.6. The highest BCUT2D eigenvalue weighted by Crippen LogP contribution is 2.50. The minimum absolute atomic E-state index is 0.0484. The molecule has 1 aromatic rings. The van der Waals surface area contributed by atoms with Gasteiger partial charge in [0.2, 0.25) is 11.8 Å². The number of allylic oxidation sites excluding steroid dienone is 3. The van der Waals surface area contributed by atoms with Gasteiger partial charge in [0.25, 0.3) is 5.92 Å². The number of rotatable bonds is 10. The molecule has 10 heteroatoms. The fourth-order valence-electron chi connectivity index (χ4n) is 3.94. The molecule has 1 aromatic heterocycles. The molecule has 2 unspecified atom stereocenters. The number of likely N-dealkylation sites (tertiary alicyclic amines) is 1. The Morgan fingerprint density at radius 2 is 2.22 bits per heavy atom. The van der Waals surface area contributed by atoms with Gasteiger partial charge in [-0.15, -0.1) is 0 Å². The fraction of sp³-hybridized carbons (Fsp3) is 0.545. The topological polar surface area (TPSA) is 70.8 Å². The third-order valence-corrected chi connectivity index (χ3v) is 6.25. The lowest BCUT2D eigenvalue weighted by molar-refractivity contribution is -0.133. The molecule has 2 amide bonds. The molecule has 1 saturated heterocycles. The molecule has 7 nitrogen and oxygen atoms in total. The second-order valence-corrected chi connectivity index (χ2v) is 8.54. The molecule has 1 aliphatic carbocycles. The van der Waals surface area contributed by atoms with Crippen molar-refractivity contribution in [2.75, 3.05) is 24.5 Å². The number of carbonyl (C=O) groups is 2. The van der Waals surface area contributed by atoms with Gasteiger partial charge in [0.05, 0.1) is 6.20 Å². The van der Waals surface area contributed by atoms with Crippen LogP contribution in [-0.2, 0) is 9.59 Å². The zero-order valence-electron chi connectivity index (χ0n) is 18.3. The van der Waals surface area contributed by atoms with E-state index >= 15 is 0 Å². The number of aliphatic imine (C=N–C) groups is 1. The lowest BCUT2D eigenvalue weighted by Crippen LogP contribution is -2.34. The van der Waals surface area contributed by atoms with Crippen molar-refractivity contribution < 1.29 is 18.4 Å². The maximum atomic E-state index is 13.1. The first-order chi connectivity index (χ1) is 15.2. The van der Waals surface area contributed by atoms with Crippen LogP contribution in [0.1, 0.15) is 39.5 Å². The van der Waals surface area contributed by atoms with Gasteiger partial charge in [0.15, 0.2) is 5.15 Å². The average Bonchev–Trinajstić information content (AvgIpc) is 3.01. The molecule has 0 bridgehead atoms.